The number of hydrogen-bond acceptors (Lipinski definition) is 4. The number of nitrogens with one attached hydrogen (secondary N) is 1. The Kier molecular flexibility index (Phi) is 4.81. The molecule has 1 atom stereocenters. The minimum absolute atomic E-state index is 0.170. The smallest absolute Gasteiger partial charge is 0.270 e. The van der Waals surface area contributed by atoms with Gasteiger partial charge in [0, 0.05) is 12.7 Å². The van der Waals surface area contributed by atoms with Crippen LogP contribution in [0, 0.1) is 0 Å². The molecule has 0 unspecified atom stereocenters. The number of nitrogens with zero attached hydrogens (tertiary/aromatic N) is 1. The van der Waals surface area contributed by atoms with Crippen LogP contribution in [0.4, 0.5) is 0 Å². The Morgan fingerprint density at radius 2 is 2.00 bits per heavy atom. The largest absolute Gasteiger partial charge is 0.394 e. The molecule has 0 radical (unpaired) electrons. The van der Waals surface area contributed by atoms with Crippen molar-refractivity contribution in [3.05, 3.63) is 65.5 Å². The van der Waals surface area contributed by atoms with Crippen molar-refractivity contribution in [3.63, 3.8) is 0 Å². The van der Waals surface area contributed by atoms with E-state index in [2.05, 4.69) is 10.3 Å². The SMILES string of the molecule is NCc1ccc(C(=O)N[C@@H](CO)c2ccccc2)nc1. The molecule has 5 nitrogen and oxygen atoms in total. The lowest BCUT2D eigenvalue weighted by atomic mass is 10.1. The van der Waals surface area contributed by atoms with Gasteiger partial charge in [0.15, 0.2) is 0 Å². The normalized spacial score (nSPS) is 11.9. The van der Waals surface area contributed by atoms with Crippen LogP contribution in [0.5, 0.6) is 0 Å². The topological polar surface area (TPSA) is 88.2 Å². The Morgan fingerprint density at radius 3 is 2.55 bits per heavy atom. The van der Waals surface area contributed by atoms with Gasteiger partial charge in [0.25, 0.3) is 5.91 Å². The van der Waals surface area contributed by atoms with Gasteiger partial charge in [-0.2, -0.15) is 0 Å². The van der Waals surface area contributed by atoms with Crippen LogP contribution in [0.25, 0.3) is 0 Å². The highest BCUT2D eigenvalue weighted by Gasteiger charge is 2.15. The van der Waals surface area contributed by atoms with Crippen molar-refractivity contribution in [1.29, 1.82) is 0 Å². The third-order valence-electron chi connectivity index (χ3n) is 2.98. The van der Waals surface area contributed by atoms with Gasteiger partial charge in [-0.1, -0.05) is 36.4 Å². The van der Waals surface area contributed by atoms with Crippen molar-refractivity contribution in [3.8, 4) is 0 Å². The number of rotatable bonds is 5. The number of aliphatic hydroxyl groups excluding tert-OH is 1. The van der Waals surface area contributed by atoms with Gasteiger partial charge < -0.3 is 16.2 Å². The predicted octanol–water partition coefficient (Wildman–Crippen LogP) is 1.00. The Bertz CT molecular complexity index is 555. The van der Waals surface area contributed by atoms with Crippen LogP contribution in [-0.4, -0.2) is 22.6 Å². The van der Waals surface area contributed by atoms with Crippen molar-refractivity contribution in [1.82, 2.24) is 10.3 Å². The maximum Gasteiger partial charge on any atom is 0.270 e. The minimum Gasteiger partial charge on any atom is -0.394 e. The van der Waals surface area contributed by atoms with Gasteiger partial charge in [-0.3, -0.25) is 9.78 Å². The molecule has 0 aliphatic heterocycles. The maximum atomic E-state index is 12.1. The molecule has 0 saturated carbocycles. The third kappa shape index (κ3) is 3.40. The summed E-state index contributed by atoms with van der Waals surface area (Å²) in [4.78, 5) is 16.1. The molecule has 0 bridgehead atoms. The molecular formula is C15H17N3O2. The summed E-state index contributed by atoms with van der Waals surface area (Å²) in [6.07, 6.45) is 1.57. The van der Waals surface area contributed by atoms with Crippen molar-refractivity contribution in [2.24, 2.45) is 5.73 Å². The molecule has 0 saturated heterocycles. The molecular weight excluding hydrogens is 254 g/mol. The molecule has 104 valence electrons. The van der Waals surface area contributed by atoms with Crippen molar-refractivity contribution in [2.45, 2.75) is 12.6 Å². The summed E-state index contributed by atoms with van der Waals surface area (Å²) in [5.41, 5.74) is 7.50. The van der Waals surface area contributed by atoms with Crippen LogP contribution in [-0.2, 0) is 6.54 Å². The number of hydrogen-bond donors (Lipinski definition) is 3. The average Bonchev–Trinajstić information content (AvgIpc) is 2.53. The van der Waals surface area contributed by atoms with Crippen molar-refractivity contribution >= 4 is 5.91 Å². The fourth-order valence-electron chi connectivity index (χ4n) is 1.83. The lowest BCUT2D eigenvalue weighted by Crippen LogP contribution is -2.31. The molecule has 20 heavy (non-hydrogen) atoms. The summed E-state index contributed by atoms with van der Waals surface area (Å²) < 4.78 is 0. The highest BCUT2D eigenvalue weighted by molar-refractivity contribution is 5.92. The summed E-state index contributed by atoms with van der Waals surface area (Å²) in [7, 11) is 0. The number of amides is 1. The van der Waals surface area contributed by atoms with E-state index < -0.39 is 6.04 Å². The highest BCUT2D eigenvalue weighted by Crippen LogP contribution is 2.12. The van der Waals surface area contributed by atoms with E-state index in [1.54, 1.807) is 18.3 Å². The number of aromatic nitrogens is 1. The summed E-state index contributed by atoms with van der Waals surface area (Å²) in [5, 5.41) is 12.2. The van der Waals surface area contributed by atoms with Crippen LogP contribution in [0.2, 0.25) is 0 Å². The Morgan fingerprint density at radius 1 is 1.25 bits per heavy atom. The first-order valence-corrected chi connectivity index (χ1v) is 6.36. The lowest BCUT2D eigenvalue weighted by Gasteiger charge is -2.16. The molecule has 1 aromatic heterocycles. The molecule has 2 aromatic rings. The monoisotopic (exact) mass is 271 g/mol. The van der Waals surface area contributed by atoms with Crippen LogP contribution in [0.15, 0.2) is 48.7 Å². The van der Waals surface area contributed by atoms with Crippen LogP contribution in [0.3, 0.4) is 0 Å². The fraction of sp³-hybridized carbons (Fsp3) is 0.200. The van der Waals surface area contributed by atoms with Crippen molar-refractivity contribution < 1.29 is 9.90 Å². The van der Waals surface area contributed by atoms with Gasteiger partial charge in [0.05, 0.1) is 12.6 Å². The van der Waals surface area contributed by atoms with Gasteiger partial charge in [-0.15, -0.1) is 0 Å². The second-order valence-corrected chi connectivity index (χ2v) is 4.38. The van der Waals surface area contributed by atoms with E-state index >= 15 is 0 Å². The van der Waals surface area contributed by atoms with Crippen LogP contribution in [0.1, 0.15) is 27.7 Å². The Balaban J connectivity index is 2.09. The number of benzene rings is 1. The minimum atomic E-state index is -0.445. The van der Waals surface area contributed by atoms with Crippen LogP contribution < -0.4 is 11.1 Å². The second-order valence-electron chi connectivity index (χ2n) is 4.38. The molecule has 1 amide bonds. The maximum absolute atomic E-state index is 12.1. The molecule has 0 spiro atoms. The average molecular weight is 271 g/mol. The van der Waals surface area contributed by atoms with Gasteiger partial charge in [-0.25, -0.2) is 0 Å². The lowest BCUT2D eigenvalue weighted by molar-refractivity contribution is 0.0911. The third-order valence-corrected chi connectivity index (χ3v) is 2.98. The summed E-state index contributed by atoms with van der Waals surface area (Å²) in [6.45, 7) is 0.217. The molecule has 2 rings (SSSR count). The van der Waals surface area contributed by atoms with Gasteiger partial charge in [0.2, 0.25) is 0 Å². The van der Waals surface area contributed by atoms with E-state index in [9.17, 15) is 9.90 Å². The van der Waals surface area contributed by atoms with E-state index in [1.807, 2.05) is 30.3 Å². The van der Waals surface area contributed by atoms with Gasteiger partial charge in [-0.05, 0) is 17.2 Å². The standard InChI is InChI=1S/C15H17N3O2/c16-8-11-6-7-13(17-9-11)15(20)18-14(10-19)12-4-2-1-3-5-12/h1-7,9,14,19H,8,10,16H2,(H,18,20)/t14-/m0/s1. The number of aliphatic hydroxyl groups is 1. The first-order valence-electron chi connectivity index (χ1n) is 6.36. The Labute approximate surface area is 117 Å². The number of carbonyl (C=O) groups is 1. The molecule has 0 aliphatic carbocycles. The quantitative estimate of drug-likeness (QED) is 0.757. The van der Waals surface area contributed by atoms with E-state index in [0.29, 0.717) is 12.2 Å². The molecule has 0 fully saturated rings. The van der Waals surface area contributed by atoms with Crippen molar-refractivity contribution in [2.75, 3.05) is 6.61 Å². The zero-order chi connectivity index (χ0) is 14.4. The molecule has 1 heterocycles. The Hall–Kier alpha value is -2.24. The van der Waals surface area contributed by atoms with E-state index in [4.69, 9.17) is 5.73 Å². The van der Waals surface area contributed by atoms with Gasteiger partial charge in [0.1, 0.15) is 5.69 Å². The van der Waals surface area contributed by atoms with E-state index in [1.165, 1.54) is 0 Å². The number of pyridine rings is 1. The van der Waals surface area contributed by atoms with Crippen LogP contribution >= 0.6 is 0 Å². The molecule has 1 aromatic carbocycles. The second kappa shape index (κ2) is 6.79. The van der Waals surface area contributed by atoms with Gasteiger partial charge >= 0.3 is 0 Å². The molecule has 5 heteroatoms. The predicted molar refractivity (Wildman–Crippen MR) is 75.9 cm³/mol. The molecule has 4 N–H and O–H groups in total. The zero-order valence-electron chi connectivity index (χ0n) is 11.0. The summed E-state index contributed by atoms with van der Waals surface area (Å²) in [6, 6.07) is 12.2. The summed E-state index contributed by atoms with van der Waals surface area (Å²) >= 11 is 0. The molecule has 0 aliphatic rings. The highest BCUT2D eigenvalue weighted by atomic mass is 16.3. The summed E-state index contributed by atoms with van der Waals surface area (Å²) in [5.74, 6) is -0.323. The zero-order valence-corrected chi connectivity index (χ0v) is 11.0. The fourth-order valence-corrected chi connectivity index (χ4v) is 1.83. The number of nitrogens with two attached hydrogens (primary N) is 1. The van der Waals surface area contributed by atoms with E-state index in [-0.39, 0.29) is 12.5 Å². The van der Waals surface area contributed by atoms with E-state index in [0.717, 1.165) is 11.1 Å². The number of carbonyl (C=O) groups excluding carboxylic acids is 1. The first-order chi connectivity index (χ1) is 9.74. The first kappa shape index (κ1) is 14.2.